The maximum Gasteiger partial charge on any atom is 0.234 e. The van der Waals surface area contributed by atoms with Crippen molar-refractivity contribution in [3.8, 4) is 22.6 Å². The first kappa shape index (κ1) is 21.1. The van der Waals surface area contributed by atoms with Crippen LogP contribution in [-0.4, -0.2) is 35.8 Å². The van der Waals surface area contributed by atoms with Crippen molar-refractivity contribution >= 4 is 44.9 Å². The van der Waals surface area contributed by atoms with Gasteiger partial charge < -0.3 is 14.8 Å². The van der Waals surface area contributed by atoms with Gasteiger partial charge in [0.1, 0.15) is 33.5 Å². The van der Waals surface area contributed by atoms with E-state index < -0.39 is 0 Å². The number of aromatic nitrogens is 2. The smallest absolute Gasteiger partial charge is 0.234 e. The molecular formula is C22H18FN3O3S2. The Morgan fingerprint density at radius 1 is 1.13 bits per heavy atom. The van der Waals surface area contributed by atoms with Crippen molar-refractivity contribution < 1.29 is 18.7 Å². The molecule has 2 aromatic carbocycles. The molecule has 0 bridgehead atoms. The number of carbonyl (C=O) groups excluding carboxylic acids is 1. The second-order valence-corrected chi connectivity index (χ2v) is 8.24. The van der Waals surface area contributed by atoms with Crippen LogP contribution < -0.4 is 14.8 Å². The summed E-state index contributed by atoms with van der Waals surface area (Å²) in [7, 11) is 3.10. The van der Waals surface area contributed by atoms with E-state index in [1.807, 2.05) is 5.38 Å². The summed E-state index contributed by atoms with van der Waals surface area (Å²) in [6, 6.07) is 11.5. The van der Waals surface area contributed by atoms with Crippen molar-refractivity contribution in [2.45, 2.75) is 5.03 Å². The fourth-order valence-corrected chi connectivity index (χ4v) is 4.81. The van der Waals surface area contributed by atoms with Crippen LogP contribution in [0.3, 0.4) is 0 Å². The van der Waals surface area contributed by atoms with Gasteiger partial charge >= 0.3 is 0 Å². The summed E-state index contributed by atoms with van der Waals surface area (Å²) in [5, 5.41) is 6.38. The Morgan fingerprint density at radius 2 is 1.94 bits per heavy atom. The average molecular weight is 456 g/mol. The molecule has 2 heterocycles. The average Bonchev–Trinajstić information content (AvgIpc) is 3.23. The Hall–Kier alpha value is -3.17. The lowest BCUT2D eigenvalue weighted by Crippen LogP contribution is -2.14. The Labute approximate surface area is 186 Å². The number of amides is 1. The summed E-state index contributed by atoms with van der Waals surface area (Å²) in [4.78, 5) is 22.1. The zero-order valence-electron chi connectivity index (χ0n) is 16.7. The third-order valence-corrected chi connectivity index (χ3v) is 6.39. The highest BCUT2D eigenvalue weighted by molar-refractivity contribution is 8.00. The summed E-state index contributed by atoms with van der Waals surface area (Å²) in [5.41, 5.74) is 2.35. The zero-order chi connectivity index (χ0) is 21.8. The van der Waals surface area contributed by atoms with E-state index in [9.17, 15) is 9.18 Å². The molecule has 0 atom stereocenters. The van der Waals surface area contributed by atoms with Crippen molar-refractivity contribution in [2.75, 3.05) is 25.3 Å². The summed E-state index contributed by atoms with van der Waals surface area (Å²) in [5.74, 6) is 0.815. The Bertz CT molecular complexity index is 1230. The summed E-state index contributed by atoms with van der Waals surface area (Å²) < 4.78 is 23.8. The van der Waals surface area contributed by atoms with Crippen molar-refractivity contribution in [1.82, 2.24) is 9.97 Å². The van der Waals surface area contributed by atoms with Crippen LogP contribution in [0.15, 0.2) is 59.2 Å². The van der Waals surface area contributed by atoms with Crippen molar-refractivity contribution in [3.05, 3.63) is 60.0 Å². The van der Waals surface area contributed by atoms with Crippen molar-refractivity contribution in [1.29, 1.82) is 0 Å². The number of thioether (sulfide) groups is 1. The van der Waals surface area contributed by atoms with Crippen molar-refractivity contribution in [2.24, 2.45) is 0 Å². The lowest BCUT2D eigenvalue weighted by molar-refractivity contribution is -0.113. The molecule has 1 N–H and O–H groups in total. The molecule has 0 saturated carbocycles. The number of fused-ring (bicyclic) bond motifs is 1. The molecule has 2 aromatic heterocycles. The van der Waals surface area contributed by atoms with E-state index in [0.29, 0.717) is 22.2 Å². The number of carbonyl (C=O) groups is 1. The summed E-state index contributed by atoms with van der Waals surface area (Å²) >= 11 is 2.80. The number of nitrogens with one attached hydrogen (secondary N) is 1. The molecule has 6 nitrogen and oxygen atoms in total. The van der Waals surface area contributed by atoms with E-state index in [4.69, 9.17) is 9.47 Å². The number of halogens is 1. The first-order chi connectivity index (χ1) is 15.1. The van der Waals surface area contributed by atoms with Gasteiger partial charge in [-0.25, -0.2) is 14.4 Å². The van der Waals surface area contributed by atoms with Gasteiger partial charge in [0.05, 0.1) is 31.0 Å². The van der Waals surface area contributed by atoms with Gasteiger partial charge in [-0.3, -0.25) is 4.79 Å². The lowest BCUT2D eigenvalue weighted by atomic mass is 10.1. The van der Waals surface area contributed by atoms with Gasteiger partial charge in [0.15, 0.2) is 0 Å². The third kappa shape index (κ3) is 4.62. The number of nitrogens with zero attached hydrogens (tertiary/aromatic N) is 2. The number of benzene rings is 2. The maximum absolute atomic E-state index is 13.3. The van der Waals surface area contributed by atoms with E-state index in [-0.39, 0.29) is 17.5 Å². The van der Waals surface area contributed by atoms with Crippen LogP contribution in [0, 0.1) is 5.82 Å². The van der Waals surface area contributed by atoms with Gasteiger partial charge in [-0.15, -0.1) is 11.3 Å². The minimum Gasteiger partial charge on any atom is -0.497 e. The molecular weight excluding hydrogens is 437 g/mol. The molecule has 158 valence electrons. The highest BCUT2D eigenvalue weighted by atomic mass is 32.2. The number of hydrogen-bond acceptors (Lipinski definition) is 7. The Balaban J connectivity index is 1.53. The number of ether oxygens (including phenoxy) is 2. The summed E-state index contributed by atoms with van der Waals surface area (Å²) in [6.07, 6.45) is 1.49. The molecule has 0 radical (unpaired) electrons. The van der Waals surface area contributed by atoms with E-state index in [0.717, 1.165) is 21.3 Å². The van der Waals surface area contributed by atoms with Crippen LogP contribution in [0.5, 0.6) is 11.5 Å². The van der Waals surface area contributed by atoms with Crippen LogP contribution in [0.1, 0.15) is 0 Å². The number of rotatable bonds is 7. The Morgan fingerprint density at radius 3 is 2.68 bits per heavy atom. The molecule has 0 saturated heterocycles. The molecule has 0 aliphatic heterocycles. The molecule has 4 rings (SSSR count). The largest absolute Gasteiger partial charge is 0.497 e. The van der Waals surface area contributed by atoms with Crippen LogP contribution in [-0.2, 0) is 4.79 Å². The molecule has 1 amide bonds. The molecule has 4 aromatic rings. The molecule has 0 fully saturated rings. The molecule has 0 unspecified atom stereocenters. The number of hydrogen-bond donors (Lipinski definition) is 1. The monoisotopic (exact) mass is 455 g/mol. The van der Waals surface area contributed by atoms with Gasteiger partial charge in [0, 0.05) is 17.0 Å². The third-order valence-electron chi connectivity index (χ3n) is 4.51. The standard InChI is InChI=1S/C22H18FN3O3S2/c1-28-15-7-8-17(18(9-15)29-2)26-19(27)11-31-22-20-16(10-30-21(20)24-12-25-22)13-3-5-14(23)6-4-13/h3-10,12H,11H2,1-2H3,(H,26,27). The quantitative estimate of drug-likeness (QED) is 0.303. The zero-order valence-corrected chi connectivity index (χ0v) is 18.3. The highest BCUT2D eigenvalue weighted by Crippen LogP contribution is 2.38. The Kier molecular flexibility index (Phi) is 6.34. The molecule has 0 aliphatic rings. The van der Waals surface area contributed by atoms with Crippen LogP contribution in [0.2, 0.25) is 0 Å². The second-order valence-electron chi connectivity index (χ2n) is 6.42. The SMILES string of the molecule is COc1ccc(NC(=O)CSc2ncnc3scc(-c4ccc(F)cc4)c23)c(OC)c1. The summed E-state index contributed by atoms with van der Waals surface area (Å²) in [6.45, 7) is 0. The van der Waals surface area contributed by atoms with Gasteiger partial charge in [-0.05, 0) is 29.8 Å². The van der Waals surface area contributed by atoms with Gasteiger partial charge in [0.2, 0.25) is 5.91 Å². The van der Waals surface area contributed by atoms with Crippen molar-refractivity contribution in [3.63, 3.8) is 0 Å². The van der Waals surface area contributed by atoms with E-state index >= 15 is 0 Å². The van der Waals surface area contributed by atoms with Crippen LogP contribution >= 0.6 is 23.1 Å². The van der Waals surface area contributed by atoms with Gasteiger partial charge in [-0.2, -0.15) is 0 Å². The van der Waals surface area contributed by atoms with E-state index in [1.165, 1.54) is 48.7 Å². The molecule has 9 heteroatoms. The molecule has 31 heavy (non-hydrogen) atoms. The van der Waals surface area contributed by atoms with Gasteiger partial charge in [-0.1, -0.05) is 23.9 Å². The predicted octanol–water partition coefficient (Wildman–Crippen LogP) is 5.25. The lowest BCUT2D eigenvalue weighted by Gasteiger charge is -2.11. The minimum atomic E-state index is -0.292. The van der Waals surface area contributed by atoms with Crippen LogP contribution in [0.25, 0.3) is 21.3 Å². The van der Waals surface area contributed by atoms with Crippen LogP contribution in [0.4, 0.5) is 10.1 Å². The number of methoxy groups -OCH3 is 2. The number of thiophene rings is 1. The molecule has 0 spiro atoms. The van der Waals surface area contributed by atoms with E-state index in [1.54, 1.807) is 37.4 Å². The topological polar surface area (TPSA) is 73.3 Å². The maximum atomic E-state index is 13.3. The number of anilines is 1. The first-order valence-corrected chi connectivity index (χ1v) is 11.1. The predicted molar refractivity (Wildman–Crippen MR) is 122 cm³/mol. The highest BCUT2D eigenvalue weighted by Gasteiger charge is 2.16. The van der Waals surface area contributed by atoms with E-state index in [2.05, 4.69) is 15.3 Å². The molecule has 0 aliphatic carbocycles. The normalized spacial score (nSPS) is 10.8. The fourth-order valence-electron chi connectivity index (χ4n) is 3.02. The second kappa shape index (κ2) is 9.32. The fraction of sp³-hybridized carbons (Fsp3) is 0.136. The van der Waals surface area contributed by atoms with Gasteiger partial charge in [0.25, 0.3) is 0 Å². The first-order valence-electron chi connectivity index (χ1n) is 9.22. The minimum absolute atomic E-state index is 0.153.